The molecule has 3 saturated carbocycles. The van der Waals surface area contributed by atoms with E-state index in [0.717, 1.165) is 29.5 Å². The maximum absolute atomic E-state index is 14.5. The second-order valence-electron chi connectivity index (χ2n) is 15.6. The summed E-state index contributed by atoms with van der Waals surface area (Å²) in [6.07, 6.45) is 3.16. The number of carbonyl (C=O) groups excluding carboxylic acids is 1. The summed E-state index contributed by atoms with van der Waals surface area (Å²) >= 11 is 0. The summed E-state index contributed by atoms with van der Waals surface area (Å²) in [5.41, 5.74) is 1.76. The van der Waals surface area contributed by atoms with Gasteiger partial charge in [-0.3, -0.25) is 9.69 Å². The second kappa shape index (κ2) is 13.5. The van der Waals surface area contributed by atoms with Gasteiger partial charge in [0, 0.05) is 42.9 Å². The fourth-order valence-corrected chi connectivity index (χ4v) is 10.1. The van der Waals surface area contributed by atoms with Crippen LogP contribution in [0.5, 0.6) is 5.88 Å². The van der Waals surface area contributed by atoms with Crippen LogP contribution in [0.3, 0.4) is 0 Å². The normalized spacial score (nSPS) is 24.9. The van der Waals surface area contributed by atoms with E-state index in [-0.39, 0.29) is 60.5 Å². The number of nitrogens with zero attached hydrogens (tertiary/aromatic N) is 4. The lowest BCUT2D eigenvalue weighted by Gasteiger charge is -2.53. The van der Waals surface area contributed by atoms with Gasteiger partial charge in [-0.1, -0.05) is 43.5 Å². The van der Waals surface area contributed by atoms with Gasteiger partial charge in [-0.2, -0.15) is 18.2 Å². The molecule has 1 N–H and O–H groups in total. The first-order valence-corrected chi connectivity index (χ1v) is 19.6. The highest BCUT2D eigenvalue weighted by Crippen LogP contribution is 2.60. The van der Waals surface area contributed by atoms with Gasteiger partial charge >= 0.3 is 6.18 Å². The van der Waals surface area contributed by atoms with Crippen molar-refractivity contribution in [2.24, 2.45) is 10.8 Å². The van der Waals surface area contributed by atoms with E-state index >= 15 is 0 Å². The molecule has 9 nitrogen and oxygen atoms in total. The first-order chi connectivity index (χ1) is 24.2. The summed E-state index contributed by atoms with van der Waals surface area (Å²) in [4.78, 5) is 27.3. The number of rotatable bonds is 5. The van der Waals surface area contributed by atoms with Crippen LogP contribution in [0.15, 0.2) is 53.4 Å². The standard InChI is InChI=1S/C38H44F3N5O4S.ClH/c1-24-8-6-9-25(2)33(24)29-19-32-43-35(42-29)44-51(48,49)28-11-7-10-26(18-28)34(47)46(17-16-37(14-15-37)38(39,40)41)30-22-45(23-31(30)50-32)27-20-36(21-27)12-4-3-5-13-36;/h6-11,18-19,27,30-31H,3-5,12-17,20-23H2,1-2H3,(H,42,43,44);1H/t30-,31-;/m1./s1. The molecule has 3 aliphatic carbocycles. The van der Waals surface area contributed by atoms with Crippen LogP contribution in [-0.4, -0.2) is 78.1 Å². The minimum Gasteiger partial charge on any atom is -0.471 e. The summed E-state index contributed by atoms with van der Waals surface area (Å²) in [5, 5.41) is 0. The van der Waals surface area contributed by atoms with Gasteiger partial charge in [-0.25, -0.2) is 18.1 Å². The van der Waals surface area contributed by atoms with Gasteiger partial charge in [0.25, 0.3) is 15.9 Å². The fourth-order valence-electron chi connectivity index (χ4n) is 9.16. The first-order valence-electron chi connectivity index (χ1n) is 18.1. The number of likely N-dealkylation sites (tertiary alicyclic amines) is 1. The minimum absolute atomic E-state index is 0. The maximum atomic E-state index is 14.5. The Labute approximate surface area is 309 Å². The number of halogens is 4. The van der Waals surface area contributed by atoms with Crippen LogP contribution in [0.2, 0.25) is 0 Å². The molecule has 2 atom stereocenters. The quantitative estimate of drug-likeness (QED) is 0.284. The number of nitrogens with one attached hydrogen (secondary N) is 1. The molecule has 1 spiro atoms. The molecule has 0 unspecified atom stereocenters. The minimum atomic E-state index is -4.38. The summed E-state index contributed by atoms with van der Waals surface area (Å²) in [6.45, 7) is 4.66. The van der Waals surface area contributed by atoms with E-state index in [1.54, 1.807) is 6.07 Å². The zero-order chi connectivity index (χ0) is 35.8. The third-order valence-corrected chi connectivity index (χ3v) is 13.6. The molecular formula is C38H45ClF3N5O4S. The van der Waals surface area contributed by atoms with E-state index in [2.05, 4.69) is 19.6 Å². The Balaban J connectivity index is 0.00000420. The number of carbonyl (C=O) groups is 1. The number of sulfonamides is 1. The van der Waals surface area contributed by atoms with Crippen molar-refractivity contribution in [1.29, 1.82) is 0 Å². The number of anilines is 1. The van der Waals surface area contributed by atoms with Gasteiger partial charge in [0.15, 0.2) is 0 Å². The largest absolute Gasteiger partial charge is 0.471 e. The monoisotopic (exact) mass is 759 g/mol. The SMILES string of the molecule is Cc1cccc(C)c1-c1cc2nc(n1)NS(=O)(=O)c1cccc(c1)C(=O)N(CCC1(C(F)(F)F)CC1)[C@@H]1CN(C3CC4(CCCCC4)C3)C[C@H]1O2.Cl. The van der Waals surface area contributed by atoms with Crippen LogP contribution in [0.4, 0.5) is 19.1 Å². The van der Waals surface area contributed by atoms with Gasteiger partial charge < -0.3 is 9.64 Å². The average molecular weight is 760 g/mol. The van der Waals surface area contributed by atoms with Crippen molar-refractivity contribution in [1.82, 2.24) is 19.8 Å². The van der Waals surface area contributed by atoms with E-state index in [9.17, 15) is 26.4 Å². The van der Waals surface area contributed by atoms with Gasteiger partial charge in [0.2, 0.25) is 11.8 Å². The molecule has 8 rings (SSSR count). The van der Waals surface area contributed by atoms with Crippen LogP contribution >= 0.6 is 12.4 Å². The average Bonchev–Trinajstić information content (AvgIpc) is 3.78. The molecule has 0 radical (unpaired) electrons. The van der Waals surface area contributed by atoms with Crippen LogP contribution in [0.1, 0.15) is 85.7 Å². The Morgan fingerprint density at radius 2 is 1.63 bits per heavy atom. The number of aromatic nitrogens is 2. The molecule has 14 heteroatoms. The number of fused-ring (bicyclic) bond motifs is 5. The van der Waals surface area contributed by atoms with E-state index < -0.39 is 39.7 Å². The molecule has 5 aliphatic rings. The zero-order valence-electron chi connectivity index (χ0n) is 29.4. The Kier molecular flexibility index (Phi) is 9.56. The lowest BCUT2D eigenvalue weighted by atomic mass is 9.58. The Morgan fingerprint density at radius 1 is 0.942 bits per heavy atom. The van der Waals surface area contributed by atoms with Crippen molar-refractivity contribution in [2.75, 3.05) is 24.4 Å². The Hall–Kier alpha value is -3.42. The highest BCUT2D eigenvalue weighted by atomic mass is 35.5. The molecule has 3 heterocycles. The Morgan fingerprint density at radius 3 is 2.31 bits per heavy atom. The number of hydrogen-bond acceptors (Lipinski definition) is 7. The number of alkyl halides is 3. The molecular weight excluding hydrogens is 715 g/mol. The molecule has 1 aromatic heterocycles. The van der Waals surface area contributed by atoms with E-state index in [4.69, 9.17) is 4.74 Å². The number of hydrogen-bond donors (Lipinski definition) is 1. The molecule has 52 heavy (non-hydrogen) atoms. The van der Waals surface area contributed by atoms with Crippen molar-refractivity contribution in [3.05, 3.63) is 65.2 Å². The summed E-state index contributed by atoms with van der Waals surface area (Å²) < 4.78 is 79.2. The van der Waals surface area contributed by atoms with Gasteiger partial charge in [-0.05, 0) is 93.5 Å². The number of benzene rings is 2. The van der Waals surface area contributed by atoms with Crippen LogP contribution in [0, 0.1) is 24.7 Å². The predicted molar refractivity (Wildman–Crippen MR) is 193 cm³/mol. The molecule has 2 aliphatic heterocycles. The molecule has 3 aromatic rings. The lowest BCUT2D eigenvalue weighted by Crippen LogP contribution is -2.52. The molecule has 2 aromatic carbocycles. The molecule has 4 fully saturated rings. The maximum Gasteiger partial charge on any atom is 0.394 e. The van der Waals surface area contributed by atoms with Crippen molar-refractivity contribution in [3.8, 4) is 17.1 Å². The van der Waals surface area contributed by atoms with Crippen LogP contribution in [0.25, 0.3) is 11.3 Å². The third kappa shape index (κ3) is 6.77. The smallest absolute Gasteiger partial charge is 0.394 e. The van der Waals surface area contributed by atoms with E-state index in [1.807, 2.05) is 32.0 Å². The third-order valence-electron chi connectivity index (χ3n) is 12.3. The van der Waals surface area contributed by atoms with Crippen molar-refractivity contribution in [3.63, 3.8) is 0 Å². The van der Waals surface area contributed by atoms with Gasteiger partial charge in [0.1, 0.15) is 6.10 Å². The number of amides is 1. The van der Waals surface area contributed by atoms with Crippen LogP contribution < -0.4 is 9.46 Å². The highest BCUT2D eigenvalue weighted by molar-refractivity contribution is 7.92. The van der Waals surface area contributed by atoms with Crippen molar-refractivity contribution >= 4 is 34.3 Å². The van der Waals surface area contributed by atoms with Gasteiger partial charge in [-0.15, -0.1) is 12.4 Å². The van der Waals surface area contributed by atoms with Crippen molar-refractivity contribution < 1.29 is 31.1 Å². The number of aryl methyl sites for hydroxylation is 2. The molecule has 1 amide bonds. The van der Waals surface area contributed by atoms with Crippen LogP contribution in [-0.2, 0) is 10.0 Å². The van der Waals surface area contributed by atoms with Crippen molar-refractivity contribution in [2.45, 2.75) is 107 Å². The first kappa shape index (κ1) is 36.9. The second-order valence-corrected chi connectivity index (χ2v) is 17.3. The summed E-state index contributed by atoms with van der Waals surface area (Å²) in [6, 6.07) is 12.9. The lowest BCUT2D eigenvalue weighted by molar-refractivity contribution is -0.189. The highest BCUT2D eigenvalue weighted by Gasteiger charge is 2.63. The van der Waals surface area contributed by atoms with Gasteiger partial charge in [0.05, 0.1) is 22.0 Å². The topological polar surface area (TPSA) is 105 Å². The molecule has 1 saturated heterocycles. The predicted octanol–water partition coefficient (Wildman–Crippen LogP) is 7.72. The summed E-state index contributed by atoms with van der Waals surface area (Å²) in [7, 11) is -4.27. The zero-order valence-corrected chi connectivity index (χ0v) is 31.0. The summed E-state index contributed by atoms with van der Waals surface area (Å²) in [5.74, 6) is -0.568. The molecule has 280 valence electrons. The van der Waals surface area contributed by atoms with E-state index in [1.165, 1.54) is 61.3 Å². The molecule has 4 bridgehead atoms. The number of ether oxygens (including phenoxy) is 1. The fraction of sp³-hybridized carbons (Fsp3) is 0.553. The van der Waals surface area contributed by atoms with E-state index in [0.29, 0.717) is 30.2 Å². The Bertz CT molecular complexity index is 1940.